The van der Waals surface area contributed by atoms with Crippen LogP contribution in [0.5, 0.6) is 0 Å². The highest BCUT2D eigenvalue weighted by molar-refractivity contribution is 5.13. The molecule has 0 aromatic heterocycles. The molecule has 0 aliphatic rings. The van der Waals surface area contributed by atoms with Crippen LogP contribution >= 0.6 is 0 Å². The van der Waals surface area contributed by atoms with Gasteiger partial charge in [0.2, 0.25) is 0 Å². The van der Waals surface area contributed by atoms with Crippen molar-refractivity contribution >= 4 is 0 Å². The Hall–Kier alpha value is -0.820. The molecule has 0 fully saturated rings. The van der Waals surface area contributed by atoms with Gasteiger partial charge in [-0.1, -0.05) is 44.2 Å². The lowest BCUT2D eigenvalue weighted by atomic mass is 9.91. The van der Waals surface area contributed by atoms with E-state index in [0.29, 0.717) is 0 Å². The Morgan fingerprint density at radius 2 is 1.87 bits per heavy atom. The molecule has 83 valence electrons. The van der Waals surface area contributed by atoms with Gasteiger partial charge in [0.05, 0.1) is 6.61 Å². The van der Waals surface area contributed by atoms with Gasteiger partial charge in [0.25, 0.3) is 0 Å². The molecule has 1 radical (unpaired) electrons. The fraction of sp³-hybridized carbons (Fsp3) is 0.500. The van der Waals surface area contributed by atoms with Crippen LogP contribution in [0.4, 0.5) is 0 Å². The molecule has 0 spiro atoms. The van der Waals surface area contributed by atoms with Crippen molar-refractivity contribution in [1.29, 1.82) is 0 Å². The summed E-state index contributed by atoms with van der Waals surface area (Å²) in [5.41, 5.74) is 1.42. The highest BCUT2D eigenvalue weighted by Gasteiger charge is 2.08. The van der Waals surface area contributed by atoms with Crippen molar-refractivity contribution < 1.29 is 4.74 Å². The van der Waals surface area contributed by atoms with E-state index in [1.54, 1.807) is 0 Å². The van der Waals surface area contributed by atoms with E-state index in [1.807, 2.05) is 18.2 Å². The van der Waals surface area contributed by atoms with Gasteiger partial charge in [-0.2, -0.15) is 0 Å². The van der Waals surface area contributed by atoms with Crippen LogP contribution in [0.1, 0.15) is 32.3 Å². The molecule has 0 saturated heterocycles. The zero-order valence-electron chi connectivity index (χ0n) is 9.83. The summed E-state index contributed by atoms with van der Waals surface area (Å²) >= 11 is 0. The van der Waals surface area contributed by atoms with E-state index in [0.717, 1.165) is 26.1 Å². The summed E-state index contributed by atoms with van der Waals surface area (Å²) in [6, 6.07) is 10.3. The Kier molecular flexibility index (Phi) is 4.83. The first-order valence-electron chi connectivity index (χ1n) is 5.55. The Morgan fingerprint density at radius 1 is 1.20 bits per heavy atom. The molecule has 15 heavy (non-hydrogen) atoms. The van der Waals surface area contributed by atoms with E-state index in [1.165, 1.54) is 5.56 Å². The molecule has 1 heteroatoms. The van der Waals surface area contributed by atoms with Crippen LogP contribution in [0.15, 0.2) is 30.3 Å². The fourth-order valence-electron chi connectivity index (χ4n) is 1.42. The fourth-order valence-corrected chi connectivity index (χ4v) is 1.42. The van der Waals surface area contributed by atoms with Gasteiger partial charge in [-0.15, -0.1) is 0 Å². The second-order valence-electron chi connectivity index (χ2n) is 4.81. The predicted octanol–water partition coefficient (Wildman–Crippen LogP) is 3.84. The maximum absolute atomic E-state index is 5.59. The van der Waals surface area contributed by atoms with E-state index in [4.69, 9.17) is 4.74 Å². The van der Waals surface area contributed by atoms with Gasteiger partial charge in [-0.25, -0.2) is 0 Å². The Balaban J connectivity index is 2.08. The Bertz CT molecular complexity index is 258. The van der Waals surface area contributed by atoms with Gasteiger partial charge in [0.15, 0.2) is 0 Å². The molecule has 1 aromatic carbocycles. The van der Waals surface area contributed by atoms with Gasteiger partial charge < -0.3 is 4.74 Å². The van der Waals surface area contributed by atoms with Gasteiger partial charge in [0, 0.05) is 6.61 Å². The molecule has 0 aliphatic carbocycles. The monoisotopic (exact) mass is 205 g/mol. The lowest BCUT2D eigenvalue weighted by Gasteiger charge is -2.17. The van der Waals surface area contributed by atoms with Crippen molar-refractivity contribution in [3.8, 4) is 0 Å². The first kappa shape index (κ1) is 12.3. The quantitative estimate of drug-likeness (QED) is 0.641. The molecule has 0 heterocycles. The molecule has 0 N–H and O–H groups in total. The highest BCUT2D eigenvalue weighted by atomic mass is 16.5. The molecule has 0 bridgehead atoms. The summed E-state index contributed by atoms with van der Waals surface area (Å²) in [5.74, 6) is 0. The van der Waals surface area contributed by atoms with Gasteiger partial charge in [-0.05, 0) is 30.7 Å². The highest BCUT2D eigenvalue weighted by Crippen LogP contribution is 2.19. The first-order chi connectivity index (χ1) is 7.08. The summed E-state index contributed by atoms with van der Waals surface area (Å²) in [4.78, 5) is 0. The minimum Gasteiger partial charge on any atom is -0.377 e. The van der Waals surface area contributed by atoms with E-state index < -0.39 is 0 Å². The molecule has 1 rings (SSSR count). The third-order valence-corrected chi connectivity index (χ3v) is 2.25. The predicted molar refractivity (Wildman–Crippen MR) is 64.5 cm³/mol. The second-order valence-corrected chi connectivity index (χ2v) is 4.81. The van der Waals surface area contributed by atoms with Crippen molar-refractivity contribution in [2.45, 2.75) is 33.3 Å². The Morgan fingerprint density at radius 3 is 2.47 bits per heavy atom. The molecular formula is C14H21O. The number of ether oxygens (including phenoxy) is 1. The van der Waals surface area contributed by atoms with Crippen LogP contribution < -0.4 is 0 Å². The largest absolute Gasteiger partial charge is 0.377 e. The van der Waals surface area contributed by atoms with E-state index in [2.05, 4.69) is 32.9 Å². The summed E-state index contributed by atoms with van der Waals surface area (Å²) in [5, 5.41) is 0. The van der Waals surface area contributed by atoms with Crippen LogP contribution in [0, 0.1) is 12.3 Å². The lowest BCUT2D eigenvalue weighted by Crippen LogP contribution is -2.07. The topological polar surface area (TPSA) is 9.23 Å². The van der Waals surface area contributed by atoms with Crippen molar-refractivity contribution in [1.82, 2.24) is 0 Å². The molecule has 1 nitrogen and oxygen atoms in total. The number of hydrogen-bond donors (Lipinski definition) is 0. The van der Waals surface area contributed by atoms with Crippen molar-refractivity contribution in [2.75, 3.05) is 6.61 Å². The zero-order valence-corrected chi connectivity index (χ0v) is 9.83. The first-order valence-corrected chi connectivity index (χ1v) is 5.55. The Labute approximate surface area is 93.5 Å². The summed E-state index contributed by atoms with van der Waals surface area (Å²) in [6.45, 7) is 9.93. The maximum Gasteiger partial charge on any atom is 0.0716 e. The minimum absolute atomic E-state index is 0.177. The molecule has 0 atom stereocenters. The van der Waals surface area contributed by atoms with Crippen LogP contribution in [-0.4, -0.2) is 6.61 Å². The van der Waals surface area contributed by atoms with Crippen LogP contribution in [0.3, 0.4) is 0 Å². The van der Waals surface area contributed by atoms with Gasteiger partial charge in [0.1, 0.15) is 0 Å². The molecule has 0 unspecified atom stereocenters. The average molecular weight is 205 g/mol. The number of rotatable bonds is 6. The van der Waals surface area contributed by atoms with Crippen molar-refractivity contribution in [2.24, 2.45) is 5.41 Å². The summed E-state index contributed by atoms with van der Waals surface area (Å²) < 4.78 is 5.59. The molecular weight excluding hydrogens is 184 g/mol. The smallest absolute Gasteiger partial charge is 0.0716 e. The normalized spacial score (nSPS) is 11.7. The average Bonchev–Trinajstić information content (AvgIpc) is 2.17. The molecule has 0 amide bonds. The van der Waals surface area contributed by atoms with E-state index >= 15 is 0 Å². The SMILES string of the molecule is [CH2]C(C)(C)CCCOCc1ccccc1. The minimum atomic E-state index is 0.177. The third kappa shape index (κ3) is 6.29. The summed E-state index contributed by atoms with van der Waals surface area (Å²) in [6.07, 6.45) is 2.20. The summed E-state index contributed by atoms with van der Waals surface area (Å²) in [7, 11) is 0. The third-order valence-electron chi connectivity index (χ3n) is 2.25. The molecule has 0 saturated carbocycles. The molecule has 1 aromatic rings. The van der Waals surface area contributed by atoms with Crippen LogP contribution in [0.25, 0.3) is 0 Å². The maximum atomic E-state index is 5.59. The lowest BCUT2D eigenvalue weighted by molar-refractivity contribution is 0.111. The zero-order chi connectivity index (χ0) is 11.1. The van der Waals surface area contributed by atoms with E-state index in [9.17, 15) is 0 Å². The number of benzene rings is 1. The van der Waals surface area contributed by atoms with Crippen molar-refractivity contribution in [3.05, 3.63) is 42.8 Å². The second kappa shape index (κ2) is 5.92. The van der Waals surface area contributed by atoms with Gasteiger partial charge in [-0.3, -0.25) is 0 Å². The van der Waals surface area contributed by atoms with Crippen LogP contribution in [-0.2, 0) is 11.3 Å². The standard InChI is InChI=1S/C14H21O/c1-14(2,3)10-7-11-15-12-13-8-5-4-6-9-13/h4-6,8-9H,1,7,10-12H2,2-3H3. The molecule has 0 aliphatic heterocycles. The van der Waals surface area contributed by atoms with Crippen molar-refractivity contribution in [3.63, 3.8) is 0 Å². The number of hydrogen-bond acceptors (Lipinski definition) is 1. The van der Waals surface area contributed by atoms with E-state index in [-0.39, 0.29) is 5.41 Å². The van der Waals surface area contributed by atoms with Gasteiger partial charge >= 0.3 is 0 Å². The van der Waals surface area contributed by atoms with Crippen LogP contribution in [0.2, 0.25) is 0 Å².